The van der Waals surface area contributed by atoms with Gasteiger partial charge in [0.2, 0.25) is 0 Å². The van der Waals surface area contributed by atoms with Crippen molar-refractivity contribution in [3.63, 3.8) is 0 Å². The SMILES string of the molecule is CC(C)(C)OC(=O)N[C@@H]1CCN[C@H](C(F)(F)F)C1.CC(C)(C)OC(=O)N[C@H]1CCN[C@@H](C(F)(F)F)C1. The van der Waals surface area contributed by atoms with Gasteiger partial charge in [0.15, 0.2) is 0 Å². The Bertz CT molecular complexity index is 659. The molecule has 0 aromatic heterocycles. The summed E-state index contributed by atoms with van der Waals surface area (Å²) in [6.45, 7) is 10.7. The maximum Gasteiger partial charge on any atom is 0.407 e. The molecule has 0 radical (unpaired) electrons. The Hall–Kier alpha value is -1.96. The predicted octanol–water partition coefficient (Wildman–Crippen LogP) is 4.39. The standard InChI is InChI=1S/2C11H19F3N2O2/c2*1-10(2,3)18-9(17)16-7-4-5-15-8(6-7)11(12,13)14/h2*7-8,15H,4-6H2,1-3H3,(H,16,17)/t2*7-,8+/m10/s1. The summed E-state index contributed by atoms with van der Waals surface area (Å²) in [5.74, 6) is 0. The average molecular weight is 537 g/mol. The summed E-state index contributed by atoms with van der Waals surface area (Å²) in [7, 11) is 0. The molecule has 0 aromatic carbocycles. The molecule has 2 fully saturated rings. The molecule has 212 valence electrons. The smallest absolute Gasteiger partial charge is 0.407 e. The Morgan fingerprint density at radius 2 is 0.972 bits per heavy atom. The van der Waals surface area contributed by atoms with Gasteiger partial charge in [-0.25, -0.2) is 9.59 Å². The molecule has 0 bridgehead atoms. The molecule has 2 saturated heterocycles. The molecule has 8 nitrogen and oxygen atoms in total. The van der Waals surface area contributed by atoms with Crippen LogP contribution in [0, 0.1) is 0 Å². The molecular formula is C22H38F6N4O4. The van der Waals surface area contributed by atoms with E-state index in [1.807, 2.05) is 0 Å². The lowest BCUT2D eigenvalue weighted by Crippen LogP contribution is -2.53. The summed E-state index contributed by atoms with van der Waals surface area (Å²) >= 11 is 0. The number of nitrogens with one attached hydrogen (secondary N) is 4. The van der Waals surface area contributed by atoms with Gasteiger partial charge < -0.3 is 30.7 Å². The number of carbonyl (C=O) groups excluding carboxylic acids is 2. The number of rotatable bonds is 2. The Kier molecular flexibility index (Phi) is 11.2. The number of ether oxygens (including phenoxy) is 2. The third-order valence-corrected chi connectivity index (χ3v) is 5.04. The van der Waals surface area contributed by atoms with Crippen molar-refractivity contribution in [2.45, 2.75) is 115 Å². The maximum atomic E-state index is 12.5. The van der Waals surface area contributed by atoms with Gasteiger partial charge >= 0.3 is 24.5 Å². The molecule has 0 unspecified atom stereocenters. The molecule has 2 rings (SSSR count). The maximum absolute atomic E-state index is 12.5. The van der Waals surface area contributed by atoms with Gasteiger partial charge in [-0.2, -0.15) is 26.3 Å². The fourth-order valence-corrected chi connectivity index (χ4v) is 3.54. The Labute approximate surface area is 207 Å². The van der Waals surface area contributed by atoms with Crippen molar-refractivity contribution in [3.8, 4) is 0 Å². The summed E-state index contributed by atoms with van der Waals surface area (Å²) in [6, 6.07) is -4.14. The second-order valence-corrected chi connectivity index (χ2v) is 10.8. The summed E-state index contributed by atoms with van der Waals surface area (Å²) in [5.41, 5.74) is -1.30. The van der Waals surface area contributed by atoms with E-state index in [1.165, 1.54) is 0 Å². The Morgan fingerprint density at radius 1 is 0.667 bits per heavy atom. The lowest BCUT2D eigenvalue weighted by atomic mass is 9.99. The van der Waals surface area contributed by atoms with Crippen LogP contribution in [0.3, 0.4) is 0 Å². The monoisotopic (exact) mass is 536 g/mol. The van der Waals surface area contributed by atoms with Gasteiger partial charge in [0, 0.05) is 12.1 Å². The highest BCUT2D eigenvalue weighted by molar-refractivity contribution is 5.68. The molecule has 14 heteroatoms. The van der Waals surface area contributed by atoms with Crippen molar-refractivity contribution in [1.29, 1.82) is 0 Å². The van der Waals surface area contributed by atoms with Crippen LogP contribution in [-0.4, -0.2) is 73.0 Å². The zero-order valence-corrected chi connectivity index (χ0v) is 21.5. The van der Waals surface area contributed by atoms with Crippen LogP contribution in [0.1, 0.15) is 67.2 Å². The van der Waals surface area contributed by atoms with Gasteiger partial charge in [-0.15, -0.1) is 0 Å². The van der Waals surface area contributed by atoms with Crippen LogP contribution in [0.5, 0.6) is 0 Å². The number of halogens is 6. The second kappa shape index (κ2) is 12.5. The van der Waals surface area contributed by atoms with E-state index < -0.39 is 59.9 Å². The average Bonchev–Trinajstić information content (AvgIpc) is 2.64. The van der Waals surface area contributed by atoms with E-state index >= 15 is 0 Å². The highest BCUT2D eigenvalue weighted by Crippen LogP contribution is 2.27. The molecule has 2 aliphatic heterocycles. The second-order valence-electron chi connectivity index (χ2n) is 10.8. The van der Waals surface area contributed by atoms with Crippen LogP contribution in [0.2, 0.25) is 0 Å². The van der Waals surface area contributed by atoms with Crippen molar-refractivity contribution in [3.05, 3.63) is 0 Å². The van der Waals surface area contributed by atoms with E-state index in [-0.39, 0.29) is 25.9 Å². The summed E-state index contributed by atoms with van der Waals surface area (Å²) in [6.07, 6.45) is -9.31. The highest BCUT2D eigenvalue weighted by atomic mass is 19.4. The van der Waals surface area contributed by atoms with Gasteiger partial charge in [0.25, 0.3) is 0 Å². The minimum atomic E-state index is -4.28. The van der Waals surface area contributed by atoms with Gasteiger partial charge in [-0.3, -0.25) is 0 Å². The minimum absolute atomic E-state index is 0.164. The fourth-order valence-electron chi connectivity index (χ4n) is 3.54. The number of hydrogen-bond acceptors (Lipinski definition) is 6. The summed E-state index contributed by atoms with van der Waals surface area (Å²) in [5, 5.41) is 9.74. The molecular weight excluding hydrogens is 498 g/mol. The molecule has 2 aliphatic rings. The predicted molar refractivity (Wildman–Crippen MR) is 120 cm³/mol. The first-order chi connectivity index (χ1) is 16.2. The van der Waals surface area contributed by atoms with E-state index in [0.29, 0.717) is 12.8 Å². The molecule has 36 heavy (non-hydrogen) atoms. The zero-order valence-electron chi connectivity index (χ0n) is 21.5. The van der Waals surface area contributed by atoms with Crippen molar-refractivity contribution < 1.29 is 45.4 Å². The first-order valence-electron chi connectivity index (χ1n) is 11.7. The van der Waals surface area contributed by atoms with Crippen molar-refractivity contribution in [2.75, 3.05) is 13.1 Å². The molecule has 0 aromatic rings. The quantitative estimate of drug-likeness (QED) is 0.391. The van der Waals surface area contributed by atoms with Crippen LogP contribution >= 0.6 is 0 Å². The minimum Gasteiger partial charge on any atom is -0.444 e. The molecule has 0 saturated carbocycles. The number of hydrogen-bond donors (Lipinski definition) is 4. The van der Waals surface area contributed by atoms with Crippen LogP contribution in [0.25, 0.3) is 0 Å². The largest absolute Gasteiger partial charge is 0.444 e. The normalized spacial score (nSPS) is 25.7. The molecule has 2 amide bonds. The third-order valence-electron chi connectivity index (χ3n) is 5.04. The first kappa shape index (κ1) is 32.1. The van der Waals surface area contributed by atoms with E-state index in [1.54, 1.807) is 41.5 Å². The molecule has 2 heterocycles. The van der Waals surface area contributed by atoms with Crippen molar-refractivity contribution in [2.24, 2.45) is 0 Å². The third kappa shape index (κ3) is 13.4. The van der Waals surface area contributed by atoms with E-state index in [2.05, 4.69) is 21.3 Å². The number of amides is 2. The number of alkyl halides is 6. The number of carbonyl (C=O) groups is 2. The highest BCUT2D eigenvalue weighted by Gasteiger charge is 2.43. The molecule has 0 spiro atoms. The van der Waals surface area contributed by atoms with Crippen LogP contribution in [0.4, 0.5) is 35.9 Å². The van der Waals surface area contributed by atoms with E-state index in [0.717, 1.165) is 0 Å². The van der Waals surface area contributed by atoms with E-state index in [4.69, 9.17) is 9.47 Å². The van der Waals surface area contributed by atoms with Gasteiger partial charge in [0.1, 0.15) is 23.3 Å². The fraction of sp³-hybridized carbons (Fsp3) is 0.909. The Balaban J connectivity index is 0.000000360. The summed E-state index contributed by atoms with van der Waals surface area (Å²) < 4.78 is 85.1. The number of alkyl carbamates (subject to hydrolysis) is 2. The van der Waals surface area contributed by atoms with Gasteiger partial charge in [-0.05, 0) is 80.3 Å². The lowest BCUT2D eigenvalue weighted by molar-refractivity contribution is -0.162. The molecule has 4 N–H and O–H groups in total. The van der Waals surface area contributed by atoms with Crippen LogP contribution in [-0.2, 0) is 9.47 Å². The van der Waals surface area contributed by atoms with Gasteiger partial charge in [0.05, 0.1) is 0 Å². The summed E-state index contributed by atoms with van der Waals surface area (Å²) in [4.78, 5) is 22.9. The van der Waals surface area contributed by atoms with Crippen molar-refractivity contribution >= 4 is 12.2 Å². The van der Waals surface area contributed by atoms with E-state index in [9.17, 15) is 35.9 Å². The van der Waals surface area contributed by atoms with Crippen LogP contribution in [0.15, 0.2) is 0 Å². The molecule has 0 aliphatic carbocycles. The zero-order chi connectivity index (χ0) is 27.9. The van der Waals surface area contributed by atoms with Gasteiger partial charge in [-0.1, -0.05) is 0 Å². The first-order valence-corrected chi connectivity index (χ1v) is 11.7. The van der Waals surface area contributed by atoms with Crippen molar-refractivity contribution in [1.82, 2.24) is 21.3 Å². The molecule has 4 atom stereocenters. The van der Waals surface area contributed by atoms with Crippen LogP contribution < -0.4 is 21.3 Å². The lowest BCUT2D eigenvalue weighted by Gasteiger charge is -2.32. The topological polar surface area (TPSA) is 101 Å². The Morgan fingerprint density at radius 3 is 1.22 bits per heavy atom. The number of piperidine rings is 2.